The molecule has 0 saturated heterocycles. The Morgan fingerprint density at radius 2 is 2.14 bits per heavy atom. The Hall–Kier alpha value is -2.40. The van der Waals surface area contributed by atoms with Gasteiger partial charge in [-0.05, 0) is 0 Å². The first-order valence-corrected chi connectivity index (χ1v) is 6.65. The number of aromatic nitrogens is 1. The molecule has 0 amide bonds. The van der Waals surface area contributed by atoms with E-state index in [1.54, 1.807) is 19.3 Å². The average molecular weight is 286 g/mol. The van der Waals surface area contributed by atoms with Crippen LogP contribution in [0.4, 0.5) is 5.82 Å². The molecule has 5 heteroatoms. The van der Waals surface area contributed by atoms with Crippen LogP contribution in [0.3, 0.4) is 0 Å². The average Bonchev–Trinajstić information content (AvgIpc) is 2.50. The summed E-state index contributed by atoms with van der Waals surface area (Å²) in [5.74, 6) is -0.232. The van der Waals surface area contributed by atoms with Crippen LogP contribution in [0.1, 0.15) is 10.4 Å². The smallest absolute Gasteiger partial charge is 0.337 e. The highest BCUT2D eigenvalue weighted by Crippen LogP contribution is 2.27. The molecule has 0 aliphatic rings. The summed E-state index contributed by atoms with van der Waals surface area (Å²) in [4.78, 5) is 17.7. The summed E-state index contributed by atoms with van der Waals surface area (Å²) in [6, 6.07) is 7.38. The largest absolute Gasteiger partial charge is 0.478 e. The first kappa shape index (κ1) is 15.0. The predicted octanol–water partition coefficient (Wildman–Crippen LogP) is 2.57. The molecular formula is C16H18N2O3. The van der Waals surface area contributed by atoms with Crippen LogP contribution in [0, 0.1) is 0 Å². The van der Waals surface area contributed by atoms with Crippen LogP contribution in [-0.2, 0) is 4.74 Å². The van der Waals surface area contributed by atoms with Crippen LogP contribution in [0.2, 0.25) is 0 Å². The monoisotopic (exact) mass is 286 g/mol. The van der Waals surface area contributed by atoms with E-state index < -0.39 is 5.97 Å². The van der Waals surface area contributed by atoms with Crippen molar-refractivity contribution in [2.24, 2.45) is 0 Å². The molecule has 1 aromatic heterocycles. The number of anilines is 1. The second-order valence-electron chi connectivity index (χ2n) is 4.57. The molecule has 1 aromatic carbocycles. The summed E-state index contributed by atoms with van der Waals surface area (Å²) in [5.41, 5.74) is 0.208. The minimum Gasteiger partial charge on any atom is -0.478 e. The van der Waals surface area contributed by atoms with Crippen LogP contribution in [0.25, 0.3) is 10.8 Å². The number of rotatable bonds is 7. The molecular weight excluding hydrogens is 268 g/mol. The Balaban J connectivity index is 2.55. The number of hydrogen-bond acceptors (Lipinski definition) is 4. The van der Waals surface area contributed by atoms with Crippen LogP contribution in [0.5, 0.6) is 0 Å². The normalized spacial score (nSPS) is 10.5. The molecule has 0 fully saturated rings. The van der Waals surface area contributed by atoms with Gasteiger partial charge in [0.2, 0.25) is 0 Å². The van der Waals surface area contributed by atoms with Crippen LogP contribution < -0.4 is 4.90 Å². The van der Waals surface area contributed by atoms with E-state index in [1.807, 2.05) is 23.1 Å². The van der Waals surface area contributed by atoms with E-state index in [2.05, 4.69) is 11.6 Å². The van der Waals surface area contributed by atoms with Crippen molar-refractivity contribution in [1.29, 1.82) is 0 Å². The third kappa shape index (κ3) is 3.20. The third-order valence-electron chi connectivity index (χ3n) is 3.22. The fourth-order valence-electron chi connectivity index (χ4n) is 2.24. The number of aromatic carboxylic acids is 1. The van der Waals surface area contributed by atoms with Gasteiger partial charge in [-0.2, -0.15) is 0 Å². The number of carbonyl (C=O) groups is 1. The molecule has 1 heterocycles. The van der Waals surface area contributed by atoms with Crippen molar-refractivity contribution in [2.45, 2.75) is 0 Å². The quantitative estimate of drug-likeness (QED) is 0.793. The van der Waals surface area contributed by atoms with Gasteiger partial charge in [-0.1, -0.05) is 30.3 Å². The third-order valence-corrected chi connectivity index (χ3v) is 3.22. The molecule has 1 N–H and O–H groups in total. The number of pyridine rings is 1. The molecule has 0 aliphatic heterocycles. The van der Waals surface area contributed by atoms with E-state index in [0.717, 1.165) is 11.2 Å². The van der Waals surface area contributed by atoms with Gasteiger partial charge in [0.25, 0.3) is 0 Å². The van der Waals surface area contributed by atoms with Gasteiger partial charge in [0.15, 0.2) is 0 Å². The Morgan fingerprint density at radius 1 is 1.43 bits per heavy atom. The van der Waals surface area contributed by atoms with Crippen molar-refractivity contribution in [1.82, 2.24) is 4.98 Å². The van der Waals surface area contributed by atoms with Crippen molar-refractivity contribution in [3.8, 4) is 0 Å². The molecule has 0 saturated carbocycles. The van der Waals surface area contributed by atoms with Gasteiger partial charge in [0.05, 0.1) is 12.2 Å². The highest BCUT2D eigenvalue weighted by Gasteiger charge is 2.15. The molecule has 0 spiro atoms. The Kier molecular flexibility index (Phi) is 4.90. The van der Waals surface area contributed by atoms with Crippen molar-refractivity contribution in [3.63, 3.8) is 0 Å². The highest BCUT2D eigenvalue weighted by atomic mass is 16.5. The van der Waals surface area contributed by atoms with E-state index in [9.17, 15) is 9.90 Å². The lowest BCUT2D eigenvalue weighted by molar-refractivity contribution is 0.0698. The van der Waals surface area contributed by atoms with Crippen LogP contribution in [-0.4, -0.2) is 42.9 Å². The van der Waals surface area contributed by atoms with Gasteiger partial charge >= 0.3 is 5.97 Å². The summed E-state index contributed by atoms with van der Waals surface area (Å²) in [5, 5.41) is 10.8. The van der Waals surface area contributed by atoms with Gasteiger partial charge in [-0.3, -0.25) is 0 Å². The molecule has 0 unspecified atom stereocenters. The maximum atomic E-state index is 11.3. The molecule has 2 aromatic rings. The summed E-state index contributed by atoms with van der Waals surface area (Å²) >= 11 is 0. The zero-order valence-electron chi connectivity index (χ0n) is 12.0. The number of methoxy groups -OCH3 is 1. The number of benzene rings is 1. The van der Waals surface area contributed by atoms with Gasteiger partial charge < -0.3 is 14.7 Å². The lowest BCUT2D eigenvalue weighted by Crippen LogP contribution is -2.28. The van der Waals surface area contributed by atoms with E-state index in [-0.39, 0.29) is 5.56 Å². The standard InChI is InChI=1S/C16H18N2O3/c1-3-8-18(9-10-21-2)15-13-7-5-4-6-12(13)14(11-17-15)16(19)20/h3-7,11H,1,8-10H2,2H3,(H,19,20). The Morgan fingerprint density at radius 3 is 2.76 bits per heavy atom. The lowest BCUT2D eigenvalue weighted by Gasteiger charge is -2.23. The molecule has 21 heavy (non-hydrogen) atoms. The van der Waals surface area contributed by atoms with Crippen molar-refractivity contribution < 1.29 is 14.6 Å². The van der Waals surface area contributed by atoms with Gasteiger partial charge in [0, 0.05) is 37.2 Å². The first-order valence-electron chi connectivity index (χ1n) is 6.65. The Bertz CT molecular complexity index is 655. The second kappa shape index (κ2) is 6.85. The SMILES string of the molecule is C=CCN(CCOC)c1ncc(C(=O)O)c2ccccc12. The molecule has 110 valence electrons. The minimum atomic E-state index is -0.975. The minimum absolute atomic E-state index is 0.208. The summed E-state index contributed by atoms with van der Waals surface area (Å²) < 4.78 is 5.12. The summed E-state index contributed by atoms with van der Waals surface area (Å²) in [7, 11) is 1.64. The van der Waals surface area contributed by atoms with E-state index >= 15 is 0 Å². The van der Waals surface area contributed by atoms with Gasteiger partial charge in [0.1, 0.15) is 5.82 Å². The maximum Gasteiger partial charge on any atom is 0.337 e. The number of fused-ring (bicyclic) bond motifs is 1. The Labute approximate surface area is 123 Å². The molecule has 0 bridgehead atoms. The van der Waals surface area contributed by atoms with E-state index in [1.165, 1.54) is 6.20 Å². The topological polar surface area (TPSA) is 62.7 Å². The van der Waals surface area contributed by atoms with E-state index in [0.29, 0.717) is 25.1 Å². The maximum absolute atomic E-state index is 11.3. The van der Waals surface area contributed by atoms with Crippen LogP contribution in [0.15, 0.2) is 43.1 Å². The fraction of sp³-hybridized carbons (Fsp3) is 0.250. The van der Waals surface area contributed by atoms with Crippen molar-refractivity contribution in [2.75, 3.05) is 31.7 Å². The zero-order valence-corrected chi connectivity index (χ0v) is 12.0. The number of hydrogen-bond donors (Lipinski definition) is 1. The number of carboxylic acid groups (broad SMARTS) is 1. The lowest BCUT2D eigenvalue weighted by atomic mass is 10.1. The first-order chi connectivity index (χ1) is 10.2. The van der Waals surface area contributed by atoms with Crippen LogP contribution >= 0.6 is 0 Å². The molecule has 2 rings (SSSR count). The van der Waals surface area contributed by atoms with Gasteiger partial charge in [-0.25, -0.2) is 9.78 Å². The van der Waals surface area contributed by atoms with Crippen molar-refractivity contribution >= 4 is 22.6 Å². The molecule has 0 aliphatic carbocycles. The number of ether oxygens (including phenoxy) is 1. The molecule has 0 atom stereocenters. The fourth-order valence-corrected chi connectivity index (χ4v) is 2.24. The number of nitrogens with zero attached hydrogens (tertiary/aromatic N) is 2. The van der Waals surface area contributed by atoms with Crippen molar-refractivity contribution in [3.05, 3.63) is 48.7 Å². The summed E-state index contributed by atoms with van der Waals surface area (Å²) in [6.07, 6.45) is 3.19. The predicted molar refractivity (Wildman–Crippen MR) is 83.0 cm³/mol. The van der Waals surface area contributed by atoms with Gasteiger partial charge in [-0.15, -0.1) is 6.58 Å². The zero-order chi connectivity index (χ0) is 15.2. The highest BCUT2D eigenvalue weighted by molar-refractivity contribution is 6.06. The number of carboxylic acids is 1. The molecule has 0 radical (unpaired) electrons. The molecule has 5 nitrogen and oxygen atoms in total. The van der Waals surface area contributed by atoms with E-state index in [4.69, 9.17) is 4.74 Å². The summed E-state index contributed by atoms with van der Waals surface area (Å²) in [6.45, 7) is 5.59. The second-order valence-corrected chi connectivity index (χ2v) is 4.57.